The highest BCUT2D eigenvalue weighted by Crippen LogP contribution is 2.63. The van der Waals surface area contributed by atoms with Crippen LogP contribution < -0.4 is 14.2 Å². The number of aliphatic hydroxyl groups excluding tert-OH is 2. The van der Waals surface area contributed by atoms with Gasteiger partial charge in [0, 0.05) is 37.5 Å². The van der Waals surface area contributed by atoms with Gasteiger partial charge in [0.1, 0.15) is 37.0 Å². The van der Waals surface area contributed by atoms with Gasteiger partial charge in [-0.05, 0) is 81.1 Å². The molecule has 12 nitrogen and oxygen atoms in total. The Morgan fingerprint density at radius 3 is 2.65 bits per heavy atom. The Hall–Kier alpha value is -3.71. The average Bonchev–Trinajstić information content (AvgIpc) is 3.61. The summed E-state index contributed by atoms with van der Waals surface area (Å²) in [5.41, 5.74) is 2.87. The maximum Gasteiger partial charge on any atom is 0.241 e. The van der Waals surface area contributed by atoms with Gasteiger partial charge in [-0.2, -0.15) is 0 Å². The van der Waals surface area contributed by atoms with Crippen molar-refractivity contribution in [2.75, 3.05) is 39.6 Å². The third-order valence-corrected chi connectivity index (χ3v) is 10.5. The lowest BCUT2D eigenvalue weighted by Crippen LogP contribution is -2.63. The van der Waals surface area contributed by atoms with Crippen molar-refractivity contribution >= 4 is 5.71 Å². The summed E-state index contributed by atoms with van der Waals surface area (Å²) >= 11 is 0. The summed E-state index contributed by atoms with van der Waals surface area (Å²) in [5, 5.41) is 33.2. The molecule has 2 aliphatic heterocycles. The van der Waals surface area contributed by atoms with Gasteiger partial charge in [-0.1, -0.05) is 48.0 Å². The van der Waals surface area contributed by atoms with E-state index >= 15 is 0 Å². The second-order valence-electron chi connectivity index (χ2n) is 13.7. The molecule has 2 aliphatic carbocycles. The second kappa shape index (κ2) is 17.7. The lowest BCUT2D eigenvalue weighted by Gasteiger charge is -2.58. The number of benzene rings is 1. The average molecular weight is 707 g/mol. The third kappa shape index (κ3) is 7.89. The maximum atomic E-state index is 9.83. The molecule has 12 heteroatoms. The molecule has 0 bridgehead atoms. The highest BCUT2D eigenvalue weighted by Gasteiger charge is 2.65. The number of oxime groups is 1. The predicted molar refractivity (Wildman–Crippen MR) is 192 cm³/mol. The lowest BCUT2D eigenvalue weighted by atomic mass is 9.55. The van der Waals surface area contributed by atoms with E-state index in [0.29, 0.717) is 44.3 Å². The molecule has 4 aliphatic rings. The van der Waals surface area contributed by atoms with Crippen LogP contribution in [-0.2, 0) is 14.3 Å². The van der Waals surface area contributed by atoms with Gasteiger partial charge in [-0.25, -0.2) is 4.68 Å². The summed E-state index contributed by atoms with van der Waals surface area (Å²) in [6, 6.07) is 5.44. The molecule has 7 atom stereocenters. The highest BCUT2D eigenvalue weighted by molar-refractivity contribution is 6.02. The van der Waals surface area contributed by atoms with Crippen LogP contribution in [0.3, 0.4) is 0 Å². The minimum Gasteiger partial charge on any atom is -0.490 e. The Balaban J connectivity index is 1.56. The molecule has 1 aromatic carbocycles. The van der Waals surface area contributed by atoms with E-state index in [9.17, 15) is 10.2 Å². The smallest absolute Gasteiger partial charge is 0.241 e. The van der Waals surface area contributed by atoms with E-state index in [0.717, 1.165) is 74.0 Å². The number of hydrogen-bond acceptors (Lipinski definition) is 11. The number of aromatic nitrogens is 3. The van der Waals surface area contributed by atoms with Gasteiger partial charge >= 0.3 is 0 Å². The molecule has 7 unspecified atom stereocenters. The number of nitrogens with zero attached hydrogens (tertiary/aromatic N) is 4. The van der Waals surface area contributed by atoms with Crippen LogP contribution in [0.5, 0.6) is 17.4 Å². The Kier molecular flexibility index (Phi) is 12.8. The van der Waals surface area contributed by atoms with Gasteiger partial charge in [0.05, 0.1) is 24.8 Å². The summed E-state index contributed by atoms with van der Waals surface area (Å²) in [4.78, 5) is 5.81. The van der Waals surface area contributed by atoms with Crippen molar-refractivity contribution in [1.29, 1.82) is 0 Å². The van der Waals surface area contributed by atoms with Gasteiger partial charge in [0.2, 0.25) is 18.0 Å². The van der Waals surface area contributed by atoms with E-state index in [1.807, 2.05) is 19.1 Å². The quantitative estimate of drug-likeness (QED) is 0.0976. The van der Waals surface area contributed by atoms with Gasteiger partial charge in [0.25, 0.3) is 0 Å². The van der Waals surface area contributed by atoms with Crippen LogP contribution in [0.1, 0.15) is 88.7 Å². The molecule has 1 saturated heterocycles. The first-order chi connectivity index (χ1) is 25.1. The predicted octanol–water partition coefficient (Wildman–Crippen LogP) is 6.27. The van der Waals surface area contributed by atoms with E-state index < -0.39 is 18.1 Å². The van der Waals surface area contributed by atoms with Crippen molar-refractivity contribution < 1.29 is 38.7 Å². The monoisotopic (exact) mass is 706 g/mol. The van der Waals surface area contributed by atoms with Crippen LogP contribution in [0.2, 0.25) is 0 Å². The molecule has 1 aromatic heterocycles. The van der Waals surface area contributed by atoms with E-state index in [1.165, 1.54) is 0 Å². The lowest BCUT2D eigenvalue weighted by molar-refractivity contribution is -0.253. The molecule has 278 valence electrons. The fraction of sp³-hybridized carbons (Fsp3) is 0.615. The largest absolute Gasteiger partial charge is 0.490 e. The van der Waals surface area contributed by atoms with E-state index in [1.54, 1.807) is 23.0 Å². The van der Waals surface area contributed by atoms with Crippen molar-refractivity contribution in [3.8, 4) is 17.4 Å². The zero-order chi connectivity index (χ0) is 35.6. The number of aliphatic hydroxyl groups is 2. The fourth-order valence-corrected chi connectivity index (χ4v) is 8.44. The Bertz CT molecular complexity index is 1520. The number of fused-ring (bicyclic) bond motifs is 2. The van der Waals surface area contributed by atoms with Crippen LogP contribution in [0, 0.1) is 17.8 Å². The Morgan fingerprint density at radius 2 is 1.90 bits per heavy atom. The molecule has 0 amide bonds. The first-order valence-electron chi connectivity index (χ1n) is 18.7. The number of rotatable bonds is 19. The first kappa shape index (κ1) is 37.1. The van der Waals surface area contributed by atoms with E-state index in [4.69, 9.17) is 33.7 Å². The van der Waals surface area contributed by atoms with Crippen molar-refractivity contribution in [3.05, 3.63) is 66.9 Å². The molecule has 2 aromatic rings. The molecule has 6 rings (SSSR count). The zero-order valence-corrected chi connectivity index (χ0v) is 29.9. The third-order valence-electron chi connectivity index (χ3n) is 10.5. The van der Waals surface area contributed by atoms with Gasteiger partial charge < -0.3 is 38.7 Å². The van der Waals surface area contributed by atoms with E-state index in [-0.39, 0.29) is 43.5 Å². The summed E-state index contributed by atoms with van der Waals surface area (Å²) in [5.74, 6) is 0.536. The number of ether oxygens (including phenoxy) is 5. The molecule has 3 heterocycles. The highest BCUT2D eigenvalue weighted by atomic mass is 16.7. The van der Waals surface area contributed by atoms with Crippen molar-refractivity contribution in [2.45, 2.75) is 95.2 Å². The van der Waals surface area contributed by atoms with Crippen LogP contribution in [0.25, 0.3) is 0 Å². The molecule has 2 fully saturated rings. The molecule has 0 spiro atoms. The molecular weight excluding hydrogens is 652 g/mol. The topological polar surface area (TPSA) is 139 Å². The molecule has 51 heavy (non-hydrogen) atoms. The van der Waals surface area contributed by atoms with Crippen LogP contribution in [0.15, 0.2) is 66.5 Å². The minimum atomic E-state index is -1.27. The Labute approximate surface area is 301 Å². The van der Waals surface area contributed by atoms with Crippen LogP contribution in [-0.4, -0.2) is 82.6 Å². The summed E-state index contributed by atoms with van der Waals surface area (Å²) < 4.78 is 34.5. The maximum absolute atomic E-state index is 9.83. The Morgan fingerprint density at radius 1 is 1.08 bits per heavy atom. The summed E-state index contributed by atoms with van der Waals surface area (Å²) in [6.07, 6.45) is 15.2. The van der Waals surface area contributed by atoms with Crippen molar-refractivity contribution in [1.82, 2.24) is 15.0 Å². The van der Waals surface area contributed by atoms with Gasteiger partial charge in [-0.15, -0.1) is 11.7 Å². The minimum absolute atomic E-state index is 0.0899. The number of allylic oxidation sites excluding steroid dienone is 1. The van der Waals surface area contributed by atoms with Crippen LogP contribution in [0.4, 0.5) is 0 Å². The van der Waals surface area contributed by atoms with E-state index in [2.05, 4.69) is 35.6 Å². The normalized spacial score (nSPS) is 28.9. The molecular formula is C39H54N4O8. The standard InChI is InChI=1S/C39H54N4O8/c1-4-20-46-28-16-17-33-31(24-28)37-29(14-8-11-19-45)27(13-7-10-18-44)23-30-32(41-49-6-3)25-34(39(51-33,38(30)37)48-21-5-2)43-35(26-40-42-43)50-36-15-9-12-22-47-36/h4-5,16-17,23-24,26-27,29,34,36-38,44-45H,1-2,6-15,18-22,25H2,3H3. The van der Waals surface area contributed by atoms with Crippen LogP contribution >= 0.6 is 0 Å². The zero-order valence-electron chi connectivity index (χ0n) is 29.9. The van der Waals surface area contributed by atoms with Crippen molar-refractivity contribution in [2.24, 2.45) is 22.9 Å². The second-order valence-corrected chi connectivity index (χ2v) is 13.7. The first-order valence-corrected chi connectivity index (χ1v) is 18.7. The van der Waals surface area contributed by atoms with Gasteiger partial charge in [0.15, 0.2) is 0 Å². The number of hydrogen-bond donors (Lipinski definition) is 2. The molecule has 1 saturated carbocycles. The van der Waals surface area contributed by atoms with Crippen molar-refractivity contribution in [3.63, 3.8) is 0 Å². The van der Waals surface area contributed by atoms with Gasteiger partial charge in [-0.3, -0.25) is 0 Å². The molecule has 2 N–H and O–H groups in total. The SMILES string of the molecule is C=CCOc1ccc2c(c1)C1C(CCCCO)C(CCCCO)C=C3C(=NOCC)CC(n4nncc4OC4CCCCO4)C(OCC=C)(O2)C31. The summed E-state index contributed by atoms with van der Waals surface area (Å²) in [6.45, 7) is 11.7. The summed E-state index contributed by atoms with van der Waals surface area (Å²) in [7, 11) is 0. The fourth-order valence-electron chi connectivity index (χ4n) is 8.44. The number of unbranched alkanes of at least 4 members (excludes halogenated alkanes) is 2. The molecule has 0 radical (unpaired) electrons.